The van der Waals surface area contributed by atoms with E-state index in [4.69, 9.17) is 23.2 Å². The predicted molar refractivity (Wildman–Crippen MR) is 80.3 cm³/mol. The van der Waals surface area contributed by atoms with Crippen molar-refractivity contribution in [1.29, 1.82) is 0 Å². The Kier molecular flexibility index (Phi) is 4.18. The summed E-state index contributed by atoms with van der Waals surface area (Å²) in [5.74, 6) is 0.672. The predicted octanol–water partition coefficient (Wildman–Crippen LogP) is 4.18. The molecule has 1 unspecified atom stereocenters. The van der Waals surface area contributed by atoms with Crippen LogP contribution in [0.1, 0.15) is 48.9 Å². The molecule has 1 saturated carbocycles. The molecule has 0 radical (unpaired) electrons. The van der Waals surface area contributed by atoms with Gasteiger partial charge in [0.2, 0.25) is 0 Å². The van der Waals surface area contributed by atoms with Crippen molar-refractivity contribution >= 4 is 29.1 Å². The van der Waals surface area contributed by atoms with Gasteiger partial charge in [0.1, 0.15) is 5.15 Å². The average Bonchev–Trinajstić information content (AvgIpc) is 3.10. The molecule has 20 heavy (non-hydrogen) atoms. The number of aromatic nitrogens is 1. The Morgan fingerprint density at radius 1 is 1.20 bits per heavy atom. The number of amides is 1. The molecule has 1 saturated heterocycles. The Morgan fingerprint density at radius 2 is 1.95 bits per heavy atom. The van der Waals surface area contributed by atoms with E-state index in [1.165, 1.54) is 31.9 Å². The molecule has 0 N–H and O–H groups in total. The largest absolute Gasteiger partial charge is 0.335 e. The van der Waals surface area contributed by atoms with Gasteiger partial charge in [0.05, 0.1) is 10.6 Å². The minimum Gasteiger partial charge on any atom is -0.335 e. The summed E-state index contributed by atoms with van der Waals surface area (Å²) in [4.78, 5) is 18.7. The number of rotatable bonds is 2. The Balaban J connectivity index is 1.83. The van der Waals surface area contributed by atoms with Crippen LogP contribution in [0.3, 0.4) is 0 Å². The standard InChI is InChI=1S/C15H18Cl2N2O/c16-12-9-18-14(17)8-11(12)15(20)19-7-3-6-13(19)10-4-1-2-5-10/h8-10,13H,1-7H2. The van der Waals surface area contributed by atoms with Crippen molar-refractivity contribution < 1.29 is 4.79 Å². The van der Waals surface area contributed by atoms with E-state index in [0.29, 0.717) is 27.7 Å². The van der Waals surface area contributed by atoms with Crippen LogP contribution in [0.25, 0.3) is 0 Å². The molecule has 1 aromatic heterocycles. The number of likely N-dealkylation sites (tertiary alicyclic amines) is 1. The summed E-state index contributed by atoms with van der Waals surface area (Å²) in [6.07, 6.45) is 8.75. The molecule has 2 heterocycles. The molecular weight excluding hydrogens is 295 g/mol. The van der Waals surface area contributed by atoms with Gasteiger partial charge >= 0.3 is 0 Å². The van der Waals surface area contributed by atoms with E-state index in [0.717, 1.165) is 19.4 Å². The van der Waals surface area contributed by atoms with Gasteiger partial charge in [-0.05, 0) is 37.7 Å². The van der Waals surface area contributed by atoms with Crippen LogP contribution in [-0.4, -0.2) is 28.4 Å². The first-order chi connectivity index (χ1) is 9.66. The van der Waals surface area contributed by atoms with Crippen LogP contribution in [0.5, 0.6) is 0 Å². The fraction of sp³-hybridized carbons (Fsp3) is 0.600. The van der Waals surface area contributed by atoms with Gasteiger partial charge in [-0.15, -0.1) is 0 Å². The monoisotopic (exact) mass is 312 g/mol. The SMILES string of the molecule is O=C(c1cc(Cl)ncc1Cl)N1CCCC1C1CCCC1. The third kappa shape index (κ3) is 2.66. The van der Waals surface area contributed by atoms with E-state index in [9.17, 15) is 4.79 Å². The molecule has 108 valence electrons. The lowest BCUT2D eigenvalue weighted by Crippen LogP contribution is -2.39. The van der Waals surface area contributed by atoms with Crippen molar-refractivity contribution in [3.8, 4) is 0 Å². The molecule has 2 fully saturated rings. The van der Waals surface area contributed by atoms with E-state index < -0.39 is 0 Å². The fourth-order valence-corrected chi connectivity index (χ4v) is 3.95. The zero-order chi connectivity index (χ0) is 14.1. The van der Waals surface area contributed by atoms with Gasteiger partial charge in [-0.25, -0.2) is 4.98 Å². The van der Waals surface area contributed by atoms with Gasteiger partial charge in [-0.3, -0.25) is 4.79 Å². The van der Waals surface area contributed by atoms with Gasteiger partial charge in [-0.2, -0.15) is 0 Å². The third-order valence-corrected chi connectivity index (χ3v) is 5.06. The number of halogens is 2. The quantitative estimate of drug-likeness (QED) is 0.767. The molecule has 5 heteroatoms. The molecule has 1 aromatic rings. The second-order valence-corrected chi connectivity index (χ2v) is 6.53. The van der Waals surface area contributed by atoms with E-state index >= 15 is 0 Å². The van der Waals surface area contributed by atoms with Gasteiger partial charge in [0, 0.05) is 18.8 Å². The molecule has 2 aliphatic rings. The maximum Gasteiger partial charge on any atom is 0.255 e. The Bertz CT molecular complexity index is 515. The second-order valence-electron chi connectivity index (χ2n) is 5.74. The Labute approximate surface area is 129 Å². The second kappa shape index (κ2) is 5.90. The van der Waals surface area contributed by atoms with Crippen molar-refractivity contribution in [2.75, 3.05) is 6.54 Å². The summed E-state index contributed by atoms with van der Waals surface area (Å²) in [5, 5.41) is 0.700. The van der Waals surface area contributed by atoms with Crippen LogP contribution >= 0.6 is 23.2 Å². The van der Waals surface area contributed by atoms with Crippen molar-refractivity contribution in [1.82, 2.24) is 9.88 Å². The molecule has 0 spiro atoms. The smallest absolute Gasteiger partial charge is 0.255 e. The van der Waals surface area contributed by atoms with E-state index in [2.05, 4.69) is 4.98 Å². The molecule has 0 aromatic carbocycles. The number of carbonyl (C=O) groups excluding carboxylic acids is 1. The van der Waals surface area contributed by atoms with Crippen molar-refractivity contribution in [2.45, 2.75) is 44.6 Å². The molecular formula is C15H18Cl2N2O. The minimum absolute atomic E-state index is 0.00806. The zero-order valence-corrected chi connectivity index (χ0v) is 12.8. The number of hydrogen-bond donors (Lipinski definition) is 0. The summed E-state index contributed by atoms with van der Waals surface area (Å²) in [6.45, 7) is 0.830. The Hall–Kier alpha value is -0.800. The highest BCUT2D eigenvalue weighted by Gasteiger charge is 2.36. The summed E-state index contributed by atoms with van der Waals surface area (Å²) in [5.41, 5.74) is 0.483. The number of hydrogen-bond acceptors (Lipinski definition) is 2. The first kappa shape index (κ1) is 14.2. The van der Waals surface area contributed by atoms with E-state index in [1.807, 2.05) is 4.90 Å². The van der Waals surface area contributed by atoms with Gasteiger partial charge < -0.3 is 4.90 Å². The number of pyridine rings is 1. The van der Waals surface area contributed by atoms with Crippen molar-refractivity contribution in [3.05, 3.63) is 28.0 Å². The lowest BCUT2D eigenvalue weighted by atomic mass is 9.95. The lowest BCUT2D eigenvalue weighted by molar-refractivity contribution is 0.0689. The van der Waals surface area contributed by atoms with Gasteiger partial charge in [-0.1, -0.05) is 36.0 Å². The lowest BCUT2D eigenvalue weighted by Gasteiger charge is -2.29. The highest BCUT2D eigenvalue weighted by molar-refractivity contribution is 6.35. The van der Waals surface area contributed by atoms with Crippen LogP contribution in [0.2, 0.25) is 10.2 Å². The van der Waals surface area contributed by atoms with E-state index in [-0.39, 0.29) is 5.91 Å². The highest BCUT2D eigenvalue weighted by atomic mass is 35.5. The van der Waals surface area contributed by atoms with Crippen LogP contribution in [0.15, 0.2) is 12.3 Å². The summed E-state index contributed by atoms with van der Waals surface area (Å²) in [6, 6.07) is 1.96. The van der Waals surface area contributed by atoms with Crippen molar-refractivity contribution in [3.63, 3.8) is 0 Å². The molecule has 1 atom stereocenters. The highest BCUT2D eigenvalue weighted by Crippen LogP contribution is 2.36. The first-order valence-corrected chi connectivity index (χ1v) is 8.04. The Morgan fingerprint density at radius 3 is 2.70 bits per heavy atom. The number of nitrogens with zero attached hydrogens (tertiary/aromatic N) is 2. The van der Waals surface area contributed by atoms with Gasteiger partial charge in [0.15, 0.2) is 0 Å². The zero-order valence-electron chi connectivity index (χ0n) is 11.3. The summed E-state index contributed by atoms with van der Waals surface area (Å²) in [7, 11) is 0. The topological polar surface area (TPSA) is 33.2 Å². The molecule has 1 aliphatic carbocycles. The molecule has 1 amide bonds. The average molecular weight is 313 g/mol. The van der Waals surface area contributed by atoms with Crippen LogP contribution < -0.4 is 0 Å². The van der Waals surface area contributed by atoms with E-state index in [1.54, 1.807) is 6.07 Å². The normalized spacial score (nSPS) is 23.5. The molecule has 1 aliphatic heterocycles. The maximum atomic E-state index is 12.7. The van der Waals surface area contributed by atoms with Crippen molar-refractivity contribution in [2.24, 2.45) is 5.92 Å². The van der Waals surface area contributed by atoms with Crippen LogP contribution in [0.4, 0.5) is 0 Å². The molecule has 3 nitrogen and oxygen atoms in total. The minimum atomic E-state index is 0.00806. The molecule has 0 bridgehead atoms. The maximum absolute atomic E-state index is 12.7. The summed E-state index contributed by atoms with van der Waals surface area (Å²) >= 11 is 12.0. The number of carbonyl (C=O) groups is 1. The molecule has 3 rings (SSSR count). The van der Waals surface area contributed by atoms with Gasteiger partial charge in [0.25, 0.3) is 5.91 Å². The van der Waals surface area contributed by atoms with Crippen LogP contribution in [0, 0.1) is 5.92 Å². The third-order valence-electron chi connectivity index (χ3n) is 4.56. The summed E-state index contributed by atoms with van der Waals surface area (Å²) < 4.78 is 0. The van der Waals surface area contributed by atoms with Crippen LogP contribution in [-0.2, 0) is 0 Å². The fourth-order valence-electron chi connectivity index (χ4n) is 3.61. The first-order valence-electron chi connectivity index (χ1n) is 7.29.